The van der Waals surface area contributed by atoms with E-state index in [2.05, 4.69) is 23.1 Å². The smallest absolute Gasteiger partial charge is 0.409 e. The highest BCUT2D eigenvalue weighted by atomic mass is 32.2. The van der Waals surface area contributed by atoms with Crippen LogP contribution in [-0.4, -0.2) is 75.6 Å². The molecule has 1 aromatic carbocycles. The summed E-state index contributed by atoms with van der Waals surface area (Å²) < 4.78 is 16.5. The molecule has 0 aliphatic carbocycles. The zero-order valence-corrected chi connectivity index (χ0v) is 14.5. The monoisotopic (exact) mass is 352 g/mol. The van der Waals surface area contributed by atoms with Gasteiger partial charge in [-0.1, -0.05) is 24.3 Å². The molecule has 2 aliphatic rings. The van der Waals surface area contributed by atoms with Crippen LogP contribution in [0.15, 0.2) is 24.3 Å². The van der Waals surface area contributed by atoms with Gasteiger partial charge < -0.3 is 14.7 Å². The first-order valence-electron chi connectivity index (χ1n) is 8.35. The van der Waals surface area contributed by atoms with E-state index in [-0.39, 0.29) is 6.61 Å². The highest BCUT2D eigenvalue weighted by Crippen LogP contribution is 2.18. The fourth-order valence-corrected chi connectivity index (χ4v) is 4.19. The van der Waals surface area contributed by atoms with Gasteiger partial charge in [0, 0.05) is 55.0 Å². The molecule has 0 bridgehead atoms. The first-order valence-corrected chi connectivity index (χ1v) is 9.84. The summed E-state index contributed by atoms with van der Waals surface area (Å²) in [6, 6.07) is 8.36. The average molecular weight is 352 g/mol. The van der Waals surface area contributed by atoms with Crippen molar-refractivity contribution in [3.05, 3.63) is 35.4 Å². The molecule has 132 valence electrons. The lowest BCUT2D eigenvalue weighted by Gasteiger charge is -2.30. The Labute approximate surface area is 144 Å². The van der Waals surface area contributed by atoms with E-state index in [0.29, 0.717) is 31.1 Å². The number of nitrogens with zero attached hydrogens (tertiary/aromatic N) is 2. The Morgan fingerprint density at radius 3 is 2.67 bits per heavy atom. The van der Waals surface area contributed by atoms with Crippen LogP contribution in [0.2, 0.25) is 0 Å². The van der Waals surface area contributed by atoms with Crippen molar-refractivity contribution in [2.45, 2.75) is 19.1 Å². The van der Waals surface area contributed by atoms with Gasteiger partial charge in [0.2, 0.25) is 0 Å². The number of benzene rings is 1. The van der Waals surface area contributed by atoms with Crippen LogP contribution in [-0.2, 0) is 28.5 Å². The van der Waals surface area contributed by atoms with Gasteiger partial charge in [-0.05, 0) is 17.5 Å². The molecule has 7 heteroatoms. The Hall–Kier alpha value is -1.44. The van der Waals surface area contributed by atoms with E-state index in [4.69, 9.17) is 4.74 Å². The van der Waals surface area contributed by atoms with E-state index in [1.807, 2.05) is 6.07 Å². The Morgan fingerprint density at radius 2 is 1.92 bits per heavy atom. The molecule has 24 heavy (non-hydrogen) atoms. The SMILES string of the molecule is O=C(OCC(O)CN1CCc2ccccc2C1)N1CCS(=O)CC1. The average Bonchev–Trinajstić information content (AvgIpc) is 2.60. The number of aliphatic hydroxyl groups is 1. The summed E-state index contributed by atoms with van der Waals surface area (Å²) >= 11 is 0. The molecule has 1 saturated heterocycles. The molecule has 0 radical (unpaired) electrons. The second kappa shape index (κ2) is 8.09. The largest absolute Gasteiger partial charge is 0.447 e. The third-order valence-corrected chi connectivity index (χ3v) is 5.79. The van der Waals surface area contributed by atoms with E-state index in [1.165, 1.54) is 11.1 Å². The van der Waals surface area contributed by atoms with Crippen LogP contribution < -0.4 is 0 Å². The minimum absolute atomic E-state index is 0.00340. The molecule has 1 unspecified atom stereocenters. The molecular weight excluding hydrogens is 328 g/mol. The highest BCUT2D eigenvalue weighted by molar-refractivity contribution is 7.85. The maximum Gasteiger partial charge on any atom is 0.409 e. The molecule has 1 fully saturated rings. The molecule has 2 aliphatic heterocycles. The van der Waals surface area contributed by atoms with Crippen LogP contribution in [0.25, 0.3) is 0 Å². The predicted molar refractivity (Wildman–Crippen MR) is 92.2 cm³/mol. The molecule has 0 saturated carbocycles. The second-order valence-electron chi connectivity index (χ2n) is 6.32. The van der Waals surface area contributed by atoms with Crippen LogP contribution >= 0.6 is 0 Å². The number of hydrogen-bond donors (Lipinski definition) is 1. The van der Waals surface area contributed by atoms with Gasteiger partial charge in [-0.25, -0.2) is 4.79 Å². The molecule has 1 atom stereocenters. The van der Waals surface area contributed by atoms with Gasteiger partial charge in [0.15, 0.2) is 0 Å². The molecule has 2 heterocycles. The Bertz CT molecular complexity index is 600. The number of rotatable bonds is 4. The number of fused-ring (bicyclic) bond motifs is 1. The standard InChI is InChI=1S/C17H24N2O4S/c20-16(13-23-17(21)19-7-9-24(22)10-8-19)12-18-6-5-14-3-1-2-4-15(14)11-18/h1-4,16,20H,5-13H2. The lowest BCUT2D eigenvalue weighted by atomic mass is 10.00. The third kappa shape index (κ3) is 4.55. The van der Waals surface area contributed by atoms with Crippen molar-refractivity contribution < 1.29 is 18.8 Å². The number of amides is 1. The Morgan fingerprint density at radius 1 is 1.21 bits per heavy atom. The number of hydrogen-bond acceptors (Lipinski definition) is 5. The van der Waals surface area contributed by atoms with Gasteiger partial charge in [0.1, 0.15) is 12.7 Å². The lowest BCUT2D eigenvalue weighted by molar-refractivity contribution is 0.0282. The normalized spacial score (nSPS) is 20.5. The van der Waals surface area contributed by atoms with Gasteiger partial charge >= 0.3 is 6.09 Å². The van der Waals surface area contributed by atoms with Crippen molar-refractivity contribution in [2.75, 3.05) is 44.3 Å². The molecule has 1 amide bonds. The van der Waals surface area contributed by atoms with Crippen LogP contribution in [0.3, 0.4) is 0 Å². The number of aliphatic hydroxyl groups excluding tert-OH is 1. The summed E-state index contributed by atoms with van der Waals surface area (Å²) in [5, 5.41) is 10.2. The number of carbonyl (C=O) groups excluding carboxylic acids is 1. The summed E-state index contributed by atoms with van der Waals surface area (Å²) in [5.41, 5.74) is 2.67. The van der Waals surface area contributed by atoms with Gasteiger partial charge in [0.25, 0.3) is 0 Å². The molecule has 0 spiro atoms. The van der Waals surface area contributed by atoms with Crippen LogP contribution in [0, 0.1) is 0 Å². The van der Waals surface area contributed by atoms with Crippen molar-refractivity contribution in [1.82, 2.24) is 9.80 Å². The molecular formula is C17H24N2O4S. The fraction of sp³-hybridized carbons (Fsp3) is 0.588. The summed E-state index contributed by atoms with van der Waals surface area (Å²) in [6.45, 7) is 3.14. The van der Waals surface area contributed by atoms with Crippen LogP contribution in [0.5, 0.6) is 0 Å². The predicted octanol–water partition coefficient (Wildman–Crippen LogP) is 0.607. The van der Waals surface area contributed by atoms with Gasteiger partial charge in [-0.2, -0.15) is 0 Å². The maximum absolute atomic E-state index is 11.9. The van der Waals surface area contributed by atoms with E-state index in [1.54, 1.807) is 4.90 Å². The Kier molecular flexibility index (Phi) is 5.86. The molecule has 1 aromatic rings. The first-order chi connectivity index (χ1) is 11.6. The number of β-amino-alcohol motifs (C(OH)–C–C–N with tert-alkyl or cyclic N) is 1. The van der Waals surface area contributed by atoms with Crippen molar-refractivity contribution in [1.29, 1.82) is 0 Å². The summed E-state index contributed by atoms with van der Waals surface area (Å²) in [6.07, 6.45) is -0.138. The number of ether oxygens (including phenoxy) is 1. The van der Waals surface area contributed by atoms with Gasteiger partial charge in [-0.15, -0.1) is 0 Å². The summed E-state index contributed by atoms with van der Waals surface area (Å²) in [5.74, 6) is 1.01. The van der Waals surface area contributed by atoms with Gasteiger partial charge in [-0.3, -0.25) is 9.11 Å². The molecule has 1 N–H and O–H groups in total. The van der Waals surface area contributed by atoms with E-state index < -0.39 is 23.0 Å². The van der Waals surface area contributed by atoms with Crippen LogP contribution in [0.1, 0.15) is 11.1 Å². The van der Waals surface area contributed by atoms with Crippen molar-refractivity contribution in [3.8, 4) is 0 Å². The molecule has 6 nitrogen and oxygen atoms in total. The van der Waals surface area contributed by atoms with Crippen molar-refractivity contribution >= 4 is 16.9 Å². The summed E-state index contributed by atoms with van der Waals surface area (Å²) in [7, 11) is -0.819. The maximum atomic E-state index is 11.9. The van der Waals surface area contributed by atoms with E-state index >= 15 is 0 Å². The zero-order chi connectivity index (χ0) is 16.9. The van der Waals surface area contributed by atoms with Crippen molar-refractivity contribution in [2.24, 2.45) is 0 Å². The first kappa shape index (κ1) is 17.4. The topological polar surface area (TPSA) is 70.1 Å². The highest BCUT2D eigenvalue weighted by Gasteiger charge is 2.23. The second-order valence-corrected chi connectivity index (χ2v) is 8.02. The lowest BCUT2D eigenvalue weighted by Crippen LogP contribution is -2.44. The summed E-state index contributed by atoms with van der Waals surface area (Å²) in [4.78, 5) is 15.7. The van der Waals surface area contributed by atoms with Gasteiger partial charge in [0.05, 0.1) is 0 Å². The van der Waals surface area contributed by atoms with Crippen LogP contribution in [0.4, 0.5) is 4.79 Å². The van der Waals surface area contributed by atoms with E-state index in [0.717, 1.165) is 19.5 Å². The molecule has 3 rings (SSSR count). The number of carbonyl (C=O) groups is 1. The minimum Gasteiger partial charge on any atom is -0.447 e. The zero-order valence-electron chi connectivity index (χ0n) is 13.7. The van der Waals surface area contributed by atoms with Crippen molar-refractivity contribution in [3.63, 3.8) is 0 Å². The quantitative estimate of drug-likeness (QED) is 0.860. The van der Waals surface area contributed by atoms with E-state index in [9.17, 15) is 14.1 Å². The molecule has 0 aromatic heterocycles. The minimum atomic E-state index is -0.819. The third-order valence-electron chi connectivity index (χ3n) is 4.51. The Balaban J connectivity index is 1.41. The fourth-order valence-electron chi connectivity index (χ4n) is 3.14.